The fourth-order valence-corrected chi connectivity index (χ4v) is 0.812. The van der Waals surface area contributed by atoms with Crippen molar-refractivity contribution >= 4 is 5.82 Å². The second-order valence-corrected chi connectivity index (χ2v) is 2.39. The molecular weight excluding hydrogens is 172 g/mol. The Hall–Kier alpha value is -2.03. The Labute approximate surface area is 73.6 Å². The number of nitrogens with zero attached hydrogens (tertiary/aromatic N) is 2. The molecule has 0 amide bonds. The zero-order valence-corrected chi connectivity index (χ0v) is 7.00. The minimum absolute atomic E-state index is 0.0950. The Balaban J connectivity index is 3.10. The molecule has 0 saturated carbocycles. The molecule has 6 heteroatoms. The van der Waals surface area contributed by atoms with Crippen LogP contribution in [0.4, 0.5) is 5.82 Å². The molecule has 0 radical (unpaired) electrons. The van der Waals surface area contributed by atoms with Crippen molar-refractivity contribution in [2.24, 2.45) is 0 Å². The fraction of sp³-hybridized carbons (Fsp3) is 0.286. The molecule has 0 bridgehead atoms. The first-order valence-electron chi connectivity index (χ1n) is 3.48. The minimum atomic E-state index is -0.636. The van der Waals surface area contributed by atoms with Gasteiger partial charge in [-0.1, -0.05) is 5.92 Å². The predicted molar refractivity (Wildman–Crippen MR) is 47.6 cm³/mol. The number of hydrogen-bond donors (Lipinski definition) is 2. The summed E-state index contributed by atoms with van der Waals surface area (Å²) >= 11 is 0. The van der Waals surface area contributed by atoms with Crippen LogP contribution in [0.25, 0.3) is 0 Å². The van der Waals surface area contributed by atoms with Gasteiger partial charge in [-0.25, -0.2) is 9.89 Å². The zero-order valence-electron chi connectivity index (χ0n) is 7.00. The predicted octanol–water partition coefficient (Wildman–Crippen LogP) is -1.47. The van der Waals surface area contributed by atoms with Crippen LogP contribution in [-0.2, 0) is 0 Å². The summed E-state index contributed by atoms with van der Waals surface area (Å²) in [5.41, 5.74) is -1.19. The Morgan fingerprint density at radius 3 is 2.85 bits per heavy atom. The van der Waals surface area contributed by atoms with Gasteiger partial charge >= 0.3 is 5.69 Å². The number of terminal acetylenes is 1. The normalized spacial score (nSPS) is 9.23. The van der Waals surface area contributed by atoms with Crippen LogP contribution in [0.3, 0.4) is 0 Å². The Bertz CT molecular complexity index is 439. The summed E-state index contributed by atoms with van der Waals surface area (Å²) in [5.74, 6) is 2.44. The molecule has 0 spiro atoms. The van der Waals surface area contributed by atoms with E-state index in [2.05, 4.69) is 16.1 Å². The fourth-order valence-electron chi connectivity index (χ4n) is 0.812. The van der Waals surface area contributed by atoms with E-state index < -0.39 is 11.2 Å². The molecular formula is C7H8N4O2. The molecule has 0 aliphatic carbocycles. The first kappa shape index (κ1) is 9.06. The Morgan fingerprint density at radius 2 is 2.31 bits per heavy atom. The molecule has 0 aliphatic heterocycles. The van der Waals surface area contributed by atoms with Crippen molar-refractivity contribution in [1.29, 1.82) is 0 Å². The number of aromatic nitrogens is 3. The number of rotatable bonds is 2. The van der Waals surface area contributed by atoms with Crippen molar-refractivity contribution in [1.82, 2.24) is 15.2 Å². The van der Waals surface area contributed by atoms with Crippen LogP contribution in [0.15, 0.2) is 9.59 Å². The maximum atomic E-state index is 11.1. The van der Waals surface area contributed by atoms with Crippen LogP contribution in [-0.4, -0.2) is 28.8 Å². The molecule has 0 unspecified atom stereocenters. The van der Waals surface area contributed by atoms with E-state index in [1.165, 1.54) is 4.90 Å². The van der Waals surface area contributed by atoms with Crippen LogP contribution < -0.4 is 16.1 Å². The molecule has 1 rings (SSSR count). The Kier molecular flexibility index (Phi) is 2.50. The van der Waals surface area contributed by atoms with Gasteiger partial charge in [-0.05, 0) is 0 Å². The van der Waals surface area contributed by atoms with E-state index in [1.807, 2.05) is 4.98 Å². The topological polar surface area (TPSA) is 81.8 Å². The highest BCUT2D eigenvalue weighted by Crippen LogP contribution is 1.94. The minimum Gasteiger partial charge on any atom is -0.343 e. The highest BCUT2D eigenvalue weighted by molar-refractivity contribution is 5.34. The molecule has 6 nitrogen and oxygen atoms in total. The summed E-state index contributed by atoms with van der Waals surface area (Å²) < 4.78 is 0. The summed E-state index contributed by atoms with van der Waals surface area (Å²) in [6.07, 6.45) is 5.04. The third-order valence-corrected chi connectivity index (χ3v) is 1.38. The smallest absolute Gasteiger partial charge is 0.342 e. The standard InChI is InChI=1S/C7H8N4O2/c1-3-4-11(2)5-6(12)8-7(13)10-9-5/h1H,4H2,2H3,(H2,8,10,12,13). The summed E-state index contributed by atoms with van der Waals surface area (Å²) in [7, 11) is 1.61. The van der Waals surface area contributed by atoms with E-state index in [9.17, 15) is 9.59 Å². The van der Waals surface area contributed by atoms with Crippen LogP contribution in [0, 0.1) is 12.3 Å². The lowest BCUT2D eigenvalue weighted by molar-refractivity contribution is 0.847. The highest BCUT2D eigenvalue weighted by Gasteiger charge is 2.05. The lowest BCUT2D eigenvalue weighted by atomic mass is 10.5. The molecule has 1 aromatic rings. The van der Waals surface area contributed by atoms with Gasteiger partial charge in [0.25, 0.3) is 5.56 Å². The second kappa shape index (κ2) is 3.58. The van der Waals surface area contributed by atoms with Gasteiger partial charge in [-0.2, -0.15) is 0 Å². The van der Waals surface area contributed by atoms with Gasteiger partial charge in [-0.3, -0.25) is 9.78 Å². The highest BCUT2D eigenvalue weighted by atomic mass is 16.2. The molecule has 1 heterocycles. The second-order valence-electron chi connectivity index (χ2n) is 2.39. The third kappa shape index (κ3) is 1.96. The van der Waals surface area contributed by atoms with E-state index in [-0.39, 0.29) is 12.4 Å². The van der Waals surface area contributed by atoms with Crippen molar-refractivity contribution in [2.75, 3.05) is 18.5 Å². The molecule has 0 fully saturated rings. The average Bonchev–Trinajstić information content (AvgIpc) is 2.04. The first-order valence-corrected chi connectivity index (χ1v) is 3.48. The van der Waals surface area contributed by atoms with E-state index in [0.717, 1.165) is 0 Å². The molecule has 0 saturated heterocycles. The SMILES string of the molecule is C#CCN(C)c1n[nH]c(=O)[nH]c1=O. The summed E-state index contributed by atoms with van der Waals surface area (Å²) in [5, 5.41) is 5.65. The monoisotopic (exact) mass is 180 g/mol. The van der Waals surface area contributed by atoms with Gasteiger partial charge < -0.3 is 4.90 Å². The van der Waals surface area contributed by atoms with Gasteiger partial charge in [0.05, 0.1) is 6.54 Å². The number of aromatic amines is 2. The number of H-pyrrole nitrogens is 2. The summed E-state index contributed by atoms with van der Waals surface area (Å²) in [4.78, 5) is 25.2. The van der Waals surface area contributed by atoms with Gasteiger partial charge in [0.2, 0.25) is 5.82 Å². The van der Waals surface area contributed by atoms with Crippen LogP contribution in [0.5, 0.6) is 0 Å². The maximum Gasteiger partial charge on any atom is 0.342 e. The summed E-state index contributed by atoms with van der Waals surface area (Å²) in [6.45, 7) is 0.252. The zero-order chi connectivity index (χ0) is 9.84. The molecule has 0 atom stereocenters. The van der Waals surface area contributed by atoms with Crippen molar-refractivity contribution in [3.8, 4) is 12.3 Å². The molecule has 0 aliphatic rings. The van der Waals surface area contributed by atoms with Gasteiger partial charge in [0.1, 0.15) is 0 Å². The average molecular weight is 180 g/mol. The lowest BCUT2D eigenvalue weighted by Gasteiger charge is -2.11. The van der Waals surface area contributed by atoms with Crippen LogP contribution >= 0.6 is 0 Å². The molecule has 13 heavy (non-hydrogen) atoms. The number of anilines is 1. The number of nitrogens with one attached hydrogen (secondary N) is 2. The Morgan fingerprint density at radius 1 is 1.62 bits per heavy atom. The lowest BCUT2D eigenvalue weighted by Crippen LogP contribution is -2.32. The summed E-state index contributed by atoms with van der Waals surface area (Å²) in [6, 6.07) is 0. The largest absolute Gasteiger partial charge is 0.343 e. The number of hydrogen-bond acceptors (Lipinski definition) is 4. The quantitative estimate of drug-likeness (QED) is 0.544. The van der Waals surface area contributed by atoms with Crippen molar-refractivity contribution in [2.45, 2.75) is 0 Å². The van der Waals surface area contributed by atoms with Crippen LogP contribution in [0.1, 0.15) is 0 Å². The van der Waals surface area contributed by atoms with Crippen molar-refractivity contribution < 1.29 is 0 Å². The molecule has 2 N–H and O–H groups in total. The molecule has 1 aromatic heterocycles. The third-order valence-electron chi connectivity index (χ3n) is 1.38. The van der Waals surface area contributed by atoms with Gasteiger partial charge in [0, 0.05) is 7.05 Å². The molecule has 0 aromatic carbocycles. The van der Waals surface area contributed by atoms with Gasteiger partial charge in [0.15, 0.2) is 0 Å². The van der Waals surface area contributed by atoms with Crippen molar-refractivity contribution in [3.05, 3.63) is 20.8 Å². The van der Waals surface area contributed by atoms with E-state index >= 15 is 0 Å². The van der Waals surface area contributed by atoms with Crippen molar-refractivity contribution in [3.63, 3.8) is 0 Å². The van der Waals surface area contributed by atoms with E-state index in [4.69, 9.17) is 6.42 Å². The first-order chi connectivity index (χ1) is 6.15. The van der Waals surface area contributed by atoms with E-state index in [0.29, 0.717) is 0 Å². The van der Waals surface area contributed by atoms with E-state index in [1.54, 1.807) is 7.05 Å². The van der Waals surface area contributed by atoms with Crippen LogP contribution in [0.2, 0.25) is 0 Å². The molecule has 68 valence electrons. The van der Waals surface area contributed by atoms with Gasteiger partial charge in [-0.15, -0.1) is 11.5 Å². The maximum absolute atomic E-state index is 11.1.